The van der Waals surface area contributed by atoms with Crippen molar-refractivity contribution < 1.29 is 18.6 Å². The molecule has 0 bridgehead atoms. The largest absolute Gasteiger partial charge is 0.551 e. The van der Waals surface area contributed by atoms with Crippen LogP contribution >= 0.6 is 0 Å². The molecule has 0 saturated carbocycles. The van der Waals surface area contributed by atoms with Gasteiger partial charge in [0.05, 0.1) is 22.4 Å². The summed E-state index contributed by atoms with van der Waals surface area (Å²) in [5.41, 5.74) is -1.30. The molecule has 142 valence electrons. The molecular weight excluding hydrogens is 326 g/mol. The molecule has 0 atom stereocenters. The lowest BCUT2D eigenvalue weighted by atomic mass is 9.90. The molecule has 2 rings (SSSR count). The van der Waals surface area contributed by atoms with Crippen LogP contribution in [0, 0.1) is 23.5 Å². The molecule has 0 aromatic heterocycles. The molecule has 0 aromatic carbocycles. The lowest BCUT2D eigenvalue weighted by Crippen LogP contribution is -2.41. The maximum atomic E-state index is 5.85. The van der Waals surface area contributed by atoms with Crippen molar-refractivity contribution in [2.24, 2.45) is 0 Å². The van der Waals surface area contributed by atoms with Gasteiger partial charge < -0.3 is 18.6 Å². The lowest BCUT2D eigenvalue weighted by molar-refractivity contribution is 0.00578. The van der Waals surface area contributed by atoms with E-state index in [1.807, 2.05) is 55.4 Å². The quantitative estimate of drug-likeness (QED) is 0.437. The van der Waals surface area contributed by atoms with Crippen molar-refractivity contribution in [3.05, 3.63) is 0 Å². The highest BCUT2D eigenvalue weighted by Crippen LogP contribution is 2.37. The van der Waals surface area contributed by atoms with Gasteiger partial charge in [-0.25, -0.2) is 0 Å². The Morgan fingerprint density at radius 1 is 0.538 bits per heavy atom. The van der Waals surface area contributed by atoms with Crippen LogP contribution in [0.2, 0.25) is 0 Å². The standard InChI is InChI=1S/C20H32B2O4/c1-17(2)18(3,4)24-21(23-17)15-13-11-9-10-12-14-16-22-25-19(5,6)20(7,8)26-22/h9-12H2,1-8H3. The third-order valence-corrected chi connectivity index (χ3v) is 5.80. The first-order valence-electron chi connectivity index (χ1n) is 9.54. The fourth-order valence-corrected chi connectivity index (χ4v) is 2.54. The Bertz CT molecular complexity index is 544. The monoisotopic (exact) mass is 358 g/mol. The van der Waals surface area contributed by atoms with Gasteiger partial charge >= 0.3 is 14.2 Å². The highest BCUT2D eigenvalue weighted by atomic mass is 16.7. The molecule has 0 aliphatic carbocycles. The van der Waals surface area contributed by atoms with Gasteiger partial charge in [0.25, 0.3) is 0 Å². The predicted octanol–water partition coefficient (Wildman–Crippen LogP) is 3.82. The van der Waals surface area contributed by atoms with Crippen molar-refractivity contribution in [3.8, 4) is 23.5 Å². The summed E-state index contributed by atoms with van der Waals surface area (Å²) in [5, 5.41) is 0. The molecule has 0 spiro atoms. The summed E-state index contributed by atoms with van der Waals surface area (Å²) >= 11 is 0. The van der Waals surface area contributed by atoms with E-state index in [0.29, 0.717) is 0 Å². The molecule has 2 heterocycles. The van der Waals surface area contributed by atoms with Crippen LogP contribution in [0.15, 0.2) is 0 Å². The SMILES string of the molecule is CC1(C)OB(C#CCCCCC#CB2OC(C)(C)C(C)(C)O2)OC1(C)C. The molecule has 4 nitrogen and oxygen atoms in total. The second kappa shape index (κ2) is 7.61. The molecule has 26 heavy (non-hydrogen) atoms. The van der Waals surface area contributed by atoms with Gasteiger partial charge in [0.15, 0.2) is 0 Å². The molecule has 2 aliphatic rings. The zero-order chi connectivity index (χ0) is 19.6. The molecule has 0 amide bonds. The van der Waals surface area contributed by atoms with Gasteiger partial charge in [0.1, 0.15) is 0 Å². The van der Waals surface area contributed by atoms with Crippen LogP contribution in [0.5, 0.6) is 0 Å². The van der Waals surface area contributed by atoms with Crippen molar-refractivity contribution in [1.29, 1.82) is 0 Å². The van der Waals surface area contributed by atoms with E-state index in [9.17, 15) is 0 Å². The van der Waals surface area contributed by atoms with Crippen LogP contribution in [0.3, 0.4) is 0 Å². The predicted molar refractivity (Wildman–Crippen MR) is 106 cm³/mol. The highest BCUT2D eigenvalue weighted by molar-refractivity contribution is 6.55. The first-order valence-corrected chi connectivity index (χ1v) is 9.54. The van der Waals surface area contributed by atoms with Gasteiger partial charge in [-0.2, -0.15) is 0 Å². The van der Waals surface area contributed by atoms with E-state index in [-0.39, 0.29) is 22.4 Å². The van der Waals surface area contributed by atoms with Crippen molar-refractivity contribution in [3.63, 3.8) is 0 Å². The molecule has 2 aliphatic heterocycles. The summed E-state index contributed by atoms with van der Waals surface area (Å²) in [7, 11) is -0.855. The number of hydrogen-bond donors (Lipinski definition) is 0. The van der Waals surface area contributed by atoms with Crippen LogP contribution in [-0.4, -0.2) is 36.6 Å². The minimum Gasteiger partial charge on any atom is -0.392 e. The summed E-state index contributed by atoms with van der Waals surface area (Å²) in [6.07, 6.45) is 3.65. The van der Waals surface area contributed by atoms with Gasteiger partial charge in [-0.1, -0.05) is 11.6 Å². The molecule has 0 N–H and O–H groups in total. The van der Waals surface area contributed by atoms with Crippen LogP contribution in [0.25, 0.3) is 0 Å². The van der Waals surface area contributed by atoms with Gasteiger partial charge in [0, 0.05) is 12.8 Å². The third kappa shape index (κ3) is 4.87. The van der Waals surface area contributed by atoms with Crippen LogP contribution in [0.1, 0.15) is 81.1 Å². The normalized spacial score (nSPS) is 24.6. The zero-order valence-corrected chi connectivity index (χ0v) is 17.6. The molecule has 0 aromatic rings. The summed E-state index contributed by atoms with van der Waals surface area (Å²) in [5.74, 6) is 12.5. The van der Waals surface area contributed by atoms with E-state index >= 15 is 0 Å². The average Bonchev–Trinajstić information content (AvgIpc) is 2.80. The Morgan fingerprint density at radius 3 is 1.08 bits per heavy atom. The van der Waals surface area contributed by atoms with Crippen molar-refractivity contribution in [1.82, 2.24) is 0 Å². The average molecular weight is 358 g/mol. The fraction of sp³-hybridized carbons (Fsp3) is 0.800. The minimum atomic E-state index is -0.428. The zero-order valence-electron chi connectivity index (χ0n) is 17.6. The second-order valence-corrected chi connectivity index (χ2v) is 9.03. The van der Waals surface area contributed by atoms with Crippen molar-refractivity contribution in [2.45, 2.75) is 103 Å². The van der Waals surface area contributed by atoms with E-state index in [4.69, 9.17) is 18.6 Å². The Hall–Kier alpha value is -0.910. The first-order chi connectivity index (χ1) is 11.9. The van der Waals surface area contributed by atoms with Crippen molar-refractivity contribution in [2.75, 3.05) is 0 Å². The van der Waals surface area contributed by atoms with Gasteiger partial charge in [0.2, 0.25) is 0 Å². The maximum Gasteiger partial charge on any atom is 0.551 e. The number of unbranched alkanes of at least 4 members (excludes halogenated alkanes) is 3. The molecule has 2 saturated heterocycles. The van der Waals surface area contributed by atoms with E-state index in [0.717, 1.165) is 25.7 Å². The van der Waals surface area contributed by atoms with Gasteiger partial charge in [-0.05, 0) is 68.2 Å². The Labute approximate surface area is 160 Å². The Morgan fingerprint density at radius 2 is 0.808 bits per heavy atom. The van der Waals surface area contributed by atoms with Crippen molar-refractivity contribution >= 4 is 14.2 Å². The van der Waals surface area contributed by atoms with E-state index in [2.05, 4.69) is 23.5 Å². The summed E-state index contributed by atoms with van der Waals surface area (Å²) in [4.78, 5) is 0. The van der Waals surface area contributed by atoms with Crippen LogP contribution in [0.4, 0.5) is 0 Å². The number of hydrogen-bond acceptors (Lipinski definition) is 4. The van der Waals surface area contributed by atoms with Gasteiger partial charge in [-0.3, -0.25) is 0 Å². The minimum absolute atomic E-state index is 0.324. The first kappa shape index (κ1) is 21.4. The molecule has 0 unspecified atom stereocenters. The third-order valence-electron chi connectivity index (χ3n) is 5.80. The number of rotatable bonds is 3. The smallest absolute Gasteiger partial charge is 0.392 e. The van der Waals surface area contributed by atoms with E-state index < -0.39 is 14.2 Å². The Balaban J connectivity index is 1.65. The Kier molecular flexibility index (Phi) is 6.26. The van der Waals surface area contributed by atoms with Crippen LogP contribution in [-0.2, 0) is 18.6 Å². The lowest BCUT2D eigenvalue weighted by Gasteiger charge is -2.32. The van der Waals surface area contributed by atoms with Crippen LogP contribution < -0.4 is 0 Å². The highest BCUT2D eigenvalue weighted by Gasteiger charge is 2.51. The van der Waals surface area contributed by atoms with Gasteiger partial charge in [-0.15, -0.1) is 11.8 Å². The molecule has 0 radical (unpaired) electrons. The summed E-state index contributed by atoms with van der Waals surface area (Å²) in [6.45, 7) is 16.3. The summed E-state index contributed by atoms with van der Waals surface area (Å²) < 4.78 is 23.4. The van der Waals surface area contributed by atoms with E-state index in [1.54, 1.807) is 0 Å². The topological polar surface area (TPSA) is 36.9 Å². The summed E-state index contributed by atoms with van der Waals surface area (Å²) in [6, 6.07) is 0. The maximum absolute atomic E-state index is 5.85. The fourth-order valence-electron chi connectivity index (χ4n) is 2.54. The molecular formula is C20H32B2O4. The molecule has 6 heteroatoms. The molecule has 2 fully saturated rings. The van der Waals surface area contributed by atoms with E-state index in [1.165, 1.54) is 0 Å². The second-order valence-electron chi connectivity index (χ2n) is 9.03.